The van der Waals surface area contributed by atoms with Gasteiger partial charge in [0.15, 0.2) is 6.10 Å². The van der Waals surface area contributed by atoms with Gasteiger partial charge < -0.3 is 14.6 Å². The molecule has 0 aliphatic carbocycles. The summed E-state index contributed by atoms with van der Waals surface area (Å²) in [7, 11) is 0. The number of nitrogens with one attached hydrogen (secondary N) is 1. The van der Waals surface area contributed by atoms with Crippen LogP contribution in [0.4, 0.5) is 0 Å². The number of esters is 1. The van der Waals surface area contributed by atoms with Gasteiger partial charge in [0, 0.05) is 13.1 Å². The molecule has 0 bridgehead atoms. The first-order valence-electron chi connectivity index (χ1n) is 9.85. The Morgan fingerprint density at radius 3 is 2.50 bits per heavy atom. The molecule has 2 aromatic carbocycles. The second-order valence-corrected chi connectivity index (χ2v) is 7.20. The van der Waals surface area contributed by atoms with Gasteiger partial charge in [0.2, 0.25) is 0 Å². The number of rotatable bonds is 6. The van der Waals surface area contributed by atoms with Crippen LogP contribution in [0.1, 0.15) is 41.0 Å². The van der Waals surface area contributed by atoms with E-state index < -0.39 is 12.1 Å². The fraction of sp³-hybridized carbons (Fsp3) is 0.304. The number of hydrogen-bond donors (Lipinski definition) is 1. The SMILES string of the molecule is CCn1c(=O)c(C)nc2cc(C(=O)O[C@@H](C)C(=O)NCc3ccc(C)cc3)ccc21. The van der Waals surface area contributed by atoms with Crippen LogP contribution >= 0.6 is 0 Å². The fourth-order valence-electron chi connectivity index (χ4n) is 3.14. The summed E-state index contributed by atoms with van der Waals surface area (Å²) in [5.41, 5.74) is 3.76. The highest BCUT2D eigenvalue weighted by Gasteiger charge is 2.19. The van der Waals surface area contributed by atoms with Crippen molar-refractivity contribution in [1.29, 1.82) is 0 Å². The maximum Gasteiger partial charge on any atom is 0.338 e. The number of fused-ring (bicyclic) bond motifs is 1. The van der Waals surface area contributed by atoms with Gasteiger partial charge in [-0.25, -0.2) is 9.78 Å². The predicted octanol–water partition coefficient (Wildman–Crippen LogP) is 2.89. The molecule has 0 saturated heterocycles. The lowest BCUT2D eigenvalue weighted by molar-refractivity contribution is -0.129. The molecule has 3 aromatic rings. The van der Waals surface area contributed by atoms with E-state index in [9.17, 15) is 14.4 Å². The number of aryl methyl sites for hydroxylation is 3. The van der Waals surface area contributed by atoms with E-state index in [1.165, 1.54) is 6.92 Å². The number of carbonyl (C=O) groups excluding carboxylic acids is 2. The molecule has 1 aromatic heterocycles. The van der Waals surface area contributed by atoms with Crippen molar-refractivity contribution < 1.29 is 14.3 Å². The van der Waals surface area contributed by atoms with Crippen LogP contribution in [0.25, 0.3) is 11.0 Å². The number of carbonyl (C=O) groups is 2. The summed E-state index contributed by atoms with van der Waals surface area (Å²) in [4.78, 5) is 41.3. The van der Waals surface area contributed by atoms with E-state index in [4.69, 9.17) is 4.74 Å². The molecular weight excluding hydrogens is 382 g/mol. The Bertz CT molecular complexity index is 1150. The van der Waals surface area contributed by atoms with Crippen molar-refractivity contribution in [3.63, 3.8) is 0 Å². The number of ether oxygens (including phenoxy) is 1. The zero-order valence-electron chi connectivity index (χ0n) is 17.6. The Morgan fingerprint density at radius 1 is 1.13 bits per heavy atom. The maximum absolute atomic E-state index is 12.5. The van der Waals surface area contributed by atoms with Gasteiger partial charge in [0.05, 0.1) is 16.6 Å². The molecule has 0 radical (unpaired) electrons. The minimum atomic E-state index is -0.946. The van der Waals surface area contributed by atoms with Crippen molar-refractivity contribution in [1.82, 2.24) is 14.9 Å². The van der Waals surface area contributed by atoms with Gasteiger partial charge in [-0.1, -0.05) is 29.8 Å². The highest BCUT2D eigenvalue weighted by molar-refractivity contribution is 5.95. The third kappa shape index (κ3) is 4.56. The number of amides is 1. The molecule has 1 amide bonds. The van der Waals surface area contributed by atoms with Gasteiger partial charge in [-0.05, 0) is 51.5 Å². The first-order chi connectivity index (χ1) is 14.3. The third-order valence-corrected chi connectivity index (χ3v) is 4.90. The van der Waals surface area contributed by atoms with Crippen LogP contribution < -0.4 is 10.9 Å². The average molecular weight is 407 g/mol. The molecule has 1 heterocycles. The Balaban J connectivity index is 1.69. The second kappa shape index (κ2) is 8.90. The molecule has 0 aliphatic rings. The highest BCUT2D eigenvalue weighted by atomic mass is 16.5. The molecule has 0 saturated carbocycles. The quantitative estimate of drug-likeness (QED) is 0.635. The first-order valence-corrected chi connectivity index (χ1v) is 9.85. The van der Waals surface area contributed by atoms with Crippen LogP contribution in [0.5, 0.6) is 0 Å². The van der Waals surface area contributed by atoms with Crippen molar-refractivity contribution in [3.8, 4) is 0 Å². The van der Waals surface area contributed by atoms with Crippen LogP contribution in [0.2, 0.25) is 0 Å². The van der Waals surface area contributed by atoms with Crippen LogP contribution in [0.15, 0.2) is 47.3 Å². The summed E-state index contributed by atoms with van der Waals surface area (Å²) < 4.78 is 6.92. The molecule has 0 unspecified atom stereocenters. The maximum atomic E-state index is 12.5. The Morgan fingerprint density at radius 2 is 1.83 bits per heavy atom. The summed E-state index contributed by atoms with van der Waals surface area (Å²) in [5, 5.41) is 2.77. The predicted molar refractivity (Wildman–Crippen MR) is 114 cm³/mol. The second-order valence-electron chi connectivity index (χ2n) is 7.20. The Kier molecular flexibility index (Phi) is 6.30. The van der Waals surface area contributed by atoms with E-state index in [2.05, 4.69) is 10.3 Å². The molecule has 7 nitrogen and oxygen atoms in total. The normalized spacial score (nSPS) is 11.9. The van der Waals surface area contributed by atoms with Crippen molar-refractivity contribution in [2.45, 2.75) is 46.9 Å². The van der Waals surface area contributed by atoms with Gasteiger partial charge in [-0.15, -0.1) is 0 Å². The van der Waals surface area contributed by atoms with Gasteiger partial charge >= 0.3 is 5.97 Å². The fourth-order valence-corrected chi connectivity index (χ4v) is 3.14. The zero-order chi connectivity index (χ0) is 21.8. The van der Waals surface area contributed by atoms with Crippen LogP contribution in [-0.4, -0.2) is 27.5 Å². The largest absolute Gasteiger partial charge is 0.449 e. The monoisotopic (exact) mass is 407 g/mol. The van der Waals surface area contributed by atoms with Crippen molar-refractivity contribution >= 4 is 22.9 Å². The summed E-state index contributed by atoms with van der Waals surface area (Å²) in [6.07, 6.45) is -0.946. The highest BCUT2D eigenvalue weighted by Crippen LogP contribution is 2.15. The summed E-state index contributed by atoms with van der Waals surface area (Å²) in [6, 6.07) is 12.6. The summed E-state index contributed by atoms with van der Waals surface area (Å²) >= 11 is 0. The molecule has 0 spiro atoms. The number of hydrogen-bond acceptors (Lipinski definition) is 5. The minimum absolute atomic E-state index is 0.154. The molecule has 30 heavy (non-hydrogen) atoms. The van der Waals surface area contributed by atoms with Gasteiger partial charge in [0.1, 0.15) is 5.69 Å². The molecule has 1 N–H and O–H groups in total. The standard InChI is InChI=1S/C23H25N3O4/c1-5-26-20-11-10-18(12-19(20)25-15(3)22(26)28)23(29)30-16(4)21(27)24-13-17-8-6-14(2)7-9-17/h6-12,16H,5,13H2,1-4H3,(H,24,27)/t16-/m0/s1. The lowest BCUT2D eigenvalue weighted by Gasteiger charge is -2.14. The Hall–Kier alpha value is -3.48. The van der Waals surface area contributed by atoms with E-state index in [0.717, 1.165) is 11.1 Å². The lowest BCUT2D eigenvalue weighted by Crippen LogP contribution is -2.35. The molecule has 3 rings (SSSR count). The smallest absolute Gasteiger partial charge is 0.338 e. The zero-order valence-corrected chi connectivity index (χ0v) is 17.6. The van der Waals surface area contributed by atoms with E-state index in [1.807, 2.05) is 38.1 Å². The molecular formula is C23H25N3O4. The van der Waals surface area contributed by atoms with Gasteiger partial charge in [-0.2, -0.15) is 0 Å². The number of aromatic nitrogens is 2. The topological polar surface area (TPSA) is 90.3 Å². The molecule has 0 aliphatic heterocycles. The Labute approximate surface area is 174 Å². The van der Waals surface area contributed by atoms with Crippen molar-refractivity contribution in [3.05, 3.63) is 75.2 Å². The number of benzene rings is 2. The minimum Gasteiger partial charge on any atom is -0.449 e. The summed E-state index contributed by atoms with van der Waals surface area (Å²) in [5.74, 6) is -0.998. The molecule has 0 fully saturated rings. The molecule has 156 valence electrons. The van der Waals surface area contributed by atoms with E-state index in [-0.39, 0.29) is 17.0 Å². The molecule has 1 atom stereocenters. The number of nitrogens with zero attached hydrogens (tertiary/aromatic N) is 2. The van der Waals surface area contributed by atoms with Crippen LogP contribution in [0.3, 0.4) is 0 Å². The molecule has 7 heteroatoms. The first kappa shape index (κ1) is 21.2. The van der Waals surface area contributed by atoms with E-state index in [0.29, 0.717) is 29.8 Å². The van der Waals surface area contributed by atoms with Gasteiger partial charge in [-0.3, -0.25) is 9.59 Å². The lowest BCUT2D eigenvalue weighted by atomic mass is 10.1. The average Bonchev–Trinajstić information content (AvgIpc) is 2.73. The van der Waals surface area contributed by atoms with Crippen molar-refractivity contribution in [2.24, 2.45) is 0 Å². The third-order valence-electron chi connectivity index (χ3n) is 4.90. The van der Waals surface area contributed by atoms with E-state index in [1.54, 1.807) is 29.7 Å². The van der Waals surface area contributed by atoms with Crippen LogP contribution in [-0.2, 0) is 22.6 Å². The van der Waals surface area contributed by atoms with Crippen LogP contribution in [0, 0.1) is 13.8 Å². The van der Waals surface area contributed by atoms with Gasteiger partial charge in [0.25, 0.3) is 11.5 Å². The van der Waals surface area contributed by atoms with E-state index >= 15 is 0 Å². The summed E-state index contributed by atoms with van der Waals surface area (Å²) in [6.45, 7) is 7.89. The van der Waals surface area contributed by atoms with Crippen molar-refractivity contribution in [2.75, 3.05) is 0 Å².